The van der Waals surface area contributed by atoms with Gasteiger partial charge in [0.25, 0.3) is 5.09 Å². The summed E-state index contributed by atoms with van der Waals surface area (Å²) in [5.41, 5.74) is 1.33. The molecular formula is C16H15N3O6. The second-order valence-electron chi connectivity index (χ2n) is 4.97. The van der Waals surface area contributed by atoms with Crippen LogP contribution in [-0.4, -0.2) is 21.9 Å². The van der Waals surface area contributed by atoms with Gasteiger partial charge >= 0.3 is 5.97 Å². The zero-order valence-electron chi connectivity index (χ0n) is 13.3. The van der Waals surface area contributed by atoms with Crippen LogP contribution in [0.3, 0.4) is 0 Å². The zero-order chi connectivity index (χ0) is 18.2. The van der Waals surface area contributed by atoms with Gasteiger partial charge < -0.3 is 14.9 Å². The number of ether oxygens (including phenoxy) is 1. The van der Waals surface area contributed by atoms with Crippen LogP contribution in [0.15, 0.2) is 42.5 Å². The molecule has 1 amide bonds. The molecule has 0 fully saturated rings. The summed E-state index contributed by atoms with van der Waals surface area (Å²) in [6.07, 6.45) is -0.0975. The number of carbonyl (C=O) groups excluding carboxylic acids is 2. The van der Waals surface area contributed by atoms with E-state index in [2.05, 4.69) is 15.1 Å². The Morgan fingerprint density at radius 1 is 1.16 bits per heavy atom. The van der Waals surface area contributed by atoms with Crippen LogP contribution in [0, 0.1) is 10.1 Å². The molecule has 2 aromatic rings. The van der Waals surface area contributed by atoms with E-state index in [1.54, 1.807) is 42.5 Å². The standard InChI is InChI=1S/C16H15N3O6/c1-11(20)17-12-5-7-15(8-6-12)25-16(21)9-13-3-2-4-14(18-13)10-24-19(22)23/h2-8H,9-10H2,1H3,(H,17,20). The van der Waals surface area contributed by atoms with Crippen molar-refractivity contribution in [2.24, 2.45) is 0 Å². The first-order valence-electron chi connectivity index (χ1n) is 7.23. The summed E-state index contributed by atoms with van der Waals surface area (Å²) in [4.78, 5) is 41.4. The third-order valence-corrected chi connectivity index (χ3v) is 2.91. The lowest BCUT2D eigenvalue weighted by Crippen LogP contribution is -2.13. The van der Waals surface area contributed by atoms with Gasteiger partial charge in [-0.05, 0) is 36.4 Å². The quantitative estimate of drug-likeness (QED) is 0.352. The fourth-order valence-electron chi connectivity index (χ4n) is 1.95. The van der Waals surface area contributed by atoms with Crippen molar-refractivity contribution in [3.8, 4) is 5.75 Å². The van der Waals surface area contributed by atoms with Crippen LogP contribution in [0.2, 0.25) is 0 Å². The molecule has 1 aromatic heterocycles. The maximum absolute atomic E-state index is 12.0. The van der Waals surface area contributed by atoms with E-state index in [4.69, 9.17) is 4.74 Å². The summed E-state index contributed by atoms with van der Waals surface area (Å²) in [5.74, 6) is -0.407. The summed E-state index contributed by atoms with van der Waals surface area (Å²) < 4.78 is 5.19. The molecule has 130 valence electrons. The Bertz CT molecular complexity index is 776. The first kappa shape index (κ1) is 17.9. The Hall–Kier alpha value is -3.49. The molecule has 9 heteroatoms. The van der Waals surface area contributed by atoms with Gasteiger partial charge in [-0.3, -0.25) is 14.6 Å². The van der Waals surface area contributed by atoms with Crippen LogP contribution in [0.25, 0.3) is 0 Å². The lowest BCUT2D eigenvalue weighted by atomic mass is 10.2. The van der Waals surface area contributed by atoms with Gasteiger partial charge in [-0.1, -0.05) is 6.07 Å². The minimum atomic E-state index is -0.909. The molecule has 1 N–H and O–H groups in total. The van der Waals surface area contributed by atoms with Gasteiger partial charge in [-0.2, -0.15) is 0 Å². The maximum Gasteiger partial charge on any atom is 0.317 e. The van der Waals surface area contributed by atoms with E-state index in [1.807, 2.05) is 0 Å². The number of nitrogens with zero attached hydrogens (tertiary/aromatic N) is 2. The number of hydrogen-bond acceptors (Lipinski definition) is 7. The highest BCUT2D eigenvalue weighted by molar-refractivity contribution is 5.88. The summed E-state index contributed by atoms with van der Waals surface area (Å²) in [5, 5.41) is 11.9. The van der Waals surface area contributed by atoms with Crippen molar-refractivity contribution >= 4 is 17.6 Å². The molecule has 1 heterocycles. The van der Waals surface area contributed by atoms with Crippen molar-refractivity contribution in [2.75, 3.05) is 5.32 Å². The van der Waals surface area contributed by atoms with E-state index in [-0.39, 0.29) is 18.9 Å². The molecule has 0 unspecified atom stereocenters. The number of carbonyl (C=O) groups is 2. The monoisotopic (exact) mass is 345 g/mol. The van der Waals surface area contributed by atoms with Crippen molar-refractivity contribution < 1.29 is 24.3 Å². The normalized spacial score (nSPS) is 9.96. The van der Waals surface area contributed by atoms with Crippen molar-refractivity contribution in [1.82, 2.24) is 4.98 Å². The van der Waals surface area contributed by atoms with Crippen molar-refractivity contribution in [3.05, 3.63) is 64.0 Å². The summed E-state index contributed by atoms with van der Waals surface area (Å²) >= 11 is 0. The lowest BCUT2D eigenvalue weighted by molar-refractivity contribution is -0.763. The molecule has 9 nitrogen and oxygen atoms in total. The molecule has 25 heavy (non-hydrogen) atoms. The Morgan fingerprint density at radius 3 is 2.48 bits per heavy atom. The Labute approximate surface area is 142 Å². The number of benzene rings is 1. The minimum Gasteiger partial charge on any atom is -0.426 e. The fraction of sp³-hybridized carbons (Fsp3) is 0.188. The number of rotatable bonds is 7. The molecule has 0 radical (unpaired) electrons. The smallest absolute Gasteiger partial charge is 0.317 e. The Kier molecular flexibility index (Phi) is 5.99. The lowest BCUT2D eigenvalue weighted by Gasteiger charge is -2.07. The minimum absolute atomic E-state index is 0.0975. The third-order valence-electron chi connectivity index (χ3n) is 2.91. The Morgan fingerprint density at radius 2 is 1.84 bits per heavy atom. The average Bonchev–Trinajstić information content (AvgIpc) is 2.54. The predicted octanol–water partition coefficient (Wildman–Crippen LogP) is 1.90. The molecule has 0 atom stereocenters. The van der Waals surface area contributed by atoms with Crippen LogP contribution in [0.4, 0.5) is 5.69 Å². The van der Waals surface area contributed by atoms with Crippen molar-refractivity contribution in [2.45, 2.75) is 20.0 Å². The van der Waals surface area contributed by atoms with Crippen LogP contribution in [0.5, 0.6) is 5.75 Å². The van der Waals surface area contributed by atoms with Gasteiger partial charge in [0, 0.05) is 12.6 Å². The molecule has 0 bridgehead atoms. The highest BCUT2D eigenvalue weighted by Gasteiger charge is 2.09. The fourth-order valence-corrected chi connectivity index (χ4v) is 1.95. The van der Waals surface area contributed by atoms with E-state index < -0.39 is 11.1 Å². The van der Waals surface area contributed by atoms with E-state index in [0.717, 1.165) is 0 Å². The van der Waals surface area contributed by atoms with Gasteiger partial charge in [0.1, 0.15) is 12.4 Å². The topological polar surface area (TPSA) is 121 Å². The molecule has 0 spiro atoms. The molecule has 2 rings (SSSR count). The highest BCUT2D eigenvalue weighted by Crippen LogP contribution is 2.16. The summed E-state index contributed by atoms with van der Waals surface area (Å²) in [6, 6.07) is 11.1. The maximum atomic E-state index is 12.0. The molecule has 0 saturated heterocycles. The molecule has 0 aliphatic carbocycles. The average molecular weight is 345 g/mol. The number of esters is 1. The van der Waals surface area contributed by atoms with E-state index in [9.17, 15) is 19.7 Å². The van der Waals surface area contributed by atoms with E-state index in [0.29, 0.717) is 22.8 Å². The van der Waals surface area contributed by atoms with Gasteiger partial charge in [0.15, 0.2) is 0 Å². The van der Waals surface area contributed by atoms with E-state index >= 15 is 0 Å². The van der Waals surface area contributed by atoms with Gasteiger partial charge in [-0.25, -0.2) is 0 Å². The van der Waals surface area contributed by atoms with Crippen LogP contribution < -0.4 is 10.1 Å². The number of pyridine rings is 1. The van der Waals surface area contributed by atoms with Crippen molar-refractivity contribution in [1.29, 1.82) is 0 Å². The highest BCUT2D eigenvalue weighted by atomic mass is 16.9. The van der Waals surface area contributed by atoms with Crippen LogP contribution in [0.1, 0.15) is 18.3 Å². The number of hydrogen-bond donors (Lipinski definition) is 1. The van der Waals surface area contributed by atoms with Gasteiger partial charge in [0.2, 0.25) is 5.91 Å². The summed E-state index contributed by atoms with van der Waals surface area (Å²) in [7, 11) is 0. The Balaban J connectivity index is 1.92. The molecule has 0 aliphatic heterocycles. The SMILES string of the molecule is CC(=O)Nc1ccc(OC(=O)Cc2cccc(CO[N+](=O)[O-])n2)cc1. The number of nitrogens with one attached hydrogen (secondary N) is 1. The molecule has 0 aliphatic rings. The zero-order valence-corrected chi connectivity index (χ0v) is 13.3. The first-order chi connectivity index (χ1) is 11.9. The predicted molar refractivity (Wildman–Crippen MR) is 86.1 cm³/mol. The first-order valence-corrected chi connectivity index (χ1v) is 7.23. The third kappa shape index (κ3) is 6.26. The molecule has 1 aromatic carbocycles. The largest absolute Gasteiger partial charge is 0.426 e. The molecular weight excluding hydrogens is 330 g/mol. The van der Waals surface area contributed by atoms with Crippen LogP contribution in [-0.2, 0) is 27.5 Å². The van der Waals surface area contributed by atoms with E-state index in [1.165, 1.54) is 6.92 Å². The number of aromatic nitrogens is 1. The number of amides is 1. The van der Waals surface area contributed by atoms with Crippen LogP contribution >= 0.6 is 0 Å². The second-order valence-corrected chi connectivity index (χ2v) is 4.97. The second kappa shape index (κ2) is 8.39. The number of anilines is 1. The van der Waals surface area contributed by atoms with Gasteiger partial charge in [-0.15, -0.1) is 10.1 Å². The van der Waals surface area contributed by atoms with Crippen molar-refractivity contribution in [3.63, 3.8) is 0 Å². The molecule has 0 saturated carbocycles. The van der Waals surface area contributed by atoms with Gasteiger partial charge in [0.05, 0.1) is 17.8 Å². The summed E-state index contributed by atoms with van der Waals surface area (Å²) in [6.45, 7) is 1.10.